The Hall–Kier alpha value is -2.93. The first-order chi connectivity index (χ1) is 16.7. The zero-order valence-corrected chi connectivity index (χ0v) is 21.7. The topological polar surface area (TPSA) is 74.2 Å². The van der Waals surface area contributed by atoms with Gasteiger partial charge in [-0.25, -0.2) is 0 Å². The van der Waals surface area contributed by atoms with E-state index in [1.54, 1.807) is 0 Å². The highest BCUT2D eigenvalue weighted by atomic mass is 79.9. The van der Waals surface area contributed by atoms with E-state index >= 15 is 0 Å². The van der Waals surface area contributed by atoms with Gasteiger partial charge in [-0.2, -0.15) is 0 Å². The number of fused-ring (bicyclic) bond motifs is 1. The van der Waals surface area contributed by atoms with Gasteiger partial charge in [0.05, 0.1) is 6.61 Å². The van der Waals surface area contributed by atoms with Gasteiger partial charge < -0.3 is 14.2 Å². The highest BCUT2D eigenvalue weighted by Gasteiger charge is 2.47. The van der Waals surface area contributed by atoms with Gasteiger partial charge in [0.1, 0.15) is 5.92 Å². The van der Waals surface area contributed by atoms with Crippen molar-refractivity contribution in [2.45, 2.75) is 46.0 Å². The van der Waals surface area contributed by atoms with Crippen molar-refractivity contribution in [1.82, 2.24) is 0 Å². The maximum atomic E-state index is 13.5. The van der Waals surface area contributed by atoms with Crippen molar-refractivity contribution in [3.63, 3.8) is 0 Å². The average Bonchev–Trinajstić information content (AvgIpc) is 3.24. The lowest BCUT2D eigenvalue weighted by atomic mass is 9.67. The molecule has 3 aliphatic rings. The third-order valence-corrected chi connectivity index (χ3v) is 7.55. The number of aliphatic imine (C=N–C) groups is 1. The van der Waals surface area contributed by atoms with E-state index in [0.29, 0.717) is 42.0 Å². The summed E-state index contributed by atoms with van der Waals surface area (Å²) in [5.74, 6) is -0.324. The number of ether oxygens (including phenoxy) is 3. The first-order valence-electron chi connectivity index (χ1n) is 11.8. The van der Waals surface area contributed by atoms with Crippen LogP contribution in [-0.2, 0) is 20.7 Å². The lowest BCUT2D eigenvalue weighted by molar-refractivity contribution is -0.146. The lowest BCUT2D eigenvalue weighted by Crippen LogP contribution is -2.39. The molecule has 2 atom stereocenters. The number of esters is 1. The van der Waals surface area contributed by atoms with Gasteiger partial charge in [-0.3, -0.25) is 14.6 Å². The number of allylic oxidation sites excluding steroid dienone is 2. The smallest absolute Gasteiger partial charge is 0.315 e. The molecule has 0 saturated carbocycles. The number of carbonyl (C=O) groups excluding carboxylic acids is 2. The van der Waals surface area contributed by atoms with Gasteiger partial charge >= 0.3 is 5.97 Å². The number of nitrogens with zero attached hydrogens (tertiary/aromatic N) is 1. The molecule has 1 unspecified atom stereocenters. The summed E-state index contributed by atoms with van der Waals surface area (Å²) in [6, 6.07) is 13.6. The van der Waals surface area contributed by atoms with Gasteiger partial charge in [-0.15, -0.1) is 0 Å². The Morgan fingerprint density at radius 2 is 1.86 bits per heavy atom. The van der Waals surface area contributed by atoms with E-state index in [0.717, 1.165) is 21.3 Å². The molecule has 0 saturated heterocycles. The number of rotatable bonds is 5. The van der Waals surface area contributed by atoms with E-state index in [-0.39, 0.29) is 30.6 Å². The normalized spacial score (nSPS) is 22.5. The van der Waals surface area contributed by atoms with E-state index in [2.05, 4.69) is 29.8 Å². The van der Waals surface area contributed by atoms with Gasteiger partial charge in [0.2, 0.25) is 6.79 Å². The summed E-state index contributed by atoms with van der Waals surface area (Å²) in [6.45, 7) is 6.41. The van der Waals surface area contributed by atoms with Crippen molar-refractivity contribution < 1.29 is 23.8 Å². The predicted octanol–water partition coefficient (Wildman–Crippen LogP) is 5.78. The molecule has 2 aromatic rings. The number of hydrogen-bond acceptors (Lipinski definition) is 6. The fourth-order valence-electron chi connectivity index (χ4n) is 5.26. The molecule has 7 heteroatoms. The summed E-state index contributed by atoms with van der Waals surface area (Å²) in [4.78, 5) is 31.8. The Morgan fingerprint density at radius 1 is 1.14 bits per heavy atom. The molecule has 6 nitrogen and oxygen atoms in total. The second-order valence-corrected chi connectivity index (χ2v) is 11.0. The monoisotopic (exact) mass is 537 g/mol. The van der Waals surface area contributed by atoms with Crippen LogP contribution in [0, 0.1) is 11.3 Å². The van der Waals surface area contributed by atoms with Crippen LogP contribution in [0.15, 0.2) is 63.2 Å². The highest BCUT2D eigenvalue weighted by Crippen LogP contribution is 2.51. The Balaban J connectivity index is 1.52. The fourth-order valence-corrected chi connectivity index (χ4v) is 5.83. The molecule has 0 aromatic heterocycles. The van der Waals surface area contributed by atoms with E-state index in [1.807, 2.05) is 49.4 Å². The zero-order chi connectivity index (χ0) is 24.7. The third-order valence-electron chi connectivity index (χ3n) is 6.86. The van der Waals surface area contributed by atoms with Crippen LogP contribution >= 0.6 is 15.9 Å². The minimum Gasteiger partial charge on any atom is -0.465 e. The second-order valence-electron chi connectivity index (χ2n) is 10.1. The number of halogens is 1. The summed E-state index contributed by atoms with van der Waals surface area (Å²) in [5.41, 5.74) is 3.76. The summed E-state index contributed by atoms with van der Waals surface area (Å²) < 4.78 is 17.7. The first kappa shape index (κ1) is 23.8. The van der Waals surface area contributed by atoms with E-state index in [1.165, 1.54) is 0 Å². The highest BCUT2D eigenvalue weighted by molar-refractivity contribution is 9.10. The van der Waals surface area contributed by atoms with Crippen LogP contribution in [0.2, 0.25) is 0 Å². The van der Waals surface area contributed by atoms with Crippen molar-refractivity contribution in [1.29, 1.82) is 0 Å². The van der Waals surface area contributed by atoms with E-state index in [9.17, 15) is 9.59 Å². The van der Waals surface area contributed by atoms with Gasteiger partial charge in [0.15, 0.2) is 17.3 Å². The molecule has 35 heavy (non-hydrogen) atoms. The van der Waals surface area contributed by atoms with Gasteiger partial charge in [-0.1, -0.05) is 60.1 Å². The summed E-state index contributed by atoms with van der Waals surface area (Å²) >= 11 is 3.66. The summed E-state index contributed by atoms with van der Waals surface area (Å²) in [5, 5.41) is 0. The molecule has 2 aliphatic heterocycles. The largest absolute Gasteiger partial charge is 0.465 e. The van der Waals surface area contributed by atoms with Crippen LogP contribution < -0.4 is 9.47 Å². The molecule has 0 spiro atoms. The third kappa shape index (κ3) is 4.66. The van der Waals surface area contributed by atoms with Crippen LogP contribution in [0.3, 0.4) is 0 Å². The van der Waals surface area contributed by atoms with E-state index < -0.39 is 11.8 Å². The molecular formula is C28H28BrNO5. The van der Waals surface area contributed by atoms with Crippen molar-refractivity contribution in [3.05, 3.63) is 69.3 Å². The Kier molecular flexibility index (Phi) is 6.30. The van der Waals surface area contributed by atoms with Gasteiger partial charge in [-0.05, 0) is 42.0 Å². The second kappa shape index (κ2) is 9.26. The Labute approximate surface area is 213 Å². The molecule has 0 bridgehead atoms. The number of carbonyl (C=O) groups is 2. The average molecular weight is 538 g/mol. The van der Waals surface area contributed by atoms with Crippen LogP contribution in [-0.4, -0.2) is 30.9 Å². The molecule has 2 aromatic carbocycles. The lowest BCUT2D eigenvalue weighted by Gasteiger charge is -2.39. The fraction of sp³-hybridized carbons (Fsp3) is 0.393. The van der Waals surface area contributed by atoms with Gasteiger partial charge in [0.25, 0.3) is 0 Å². The quantitative estimate of drug-likeness (QED) is 0.452. The number of hydrogen-bond donors (Lipinski definition) is 0. The van der Waals surface area contributed by atoms with Gasteiger partial charge in [0, 0.05) is 40.2 Å². The number of benzene rings is 2. The molecule has 5 rings (SSSR count). The van der Waals surface area contributed by atoms with Crippen LogP contribution in [0.25, 0.3) is 0 Å². The maximum Gasteiger partial charge on any atom is 0.315 e. The number of ketones is 1. The zero-order valence-electron chi connectivity index (χ0n) is 20.1. The summed E-state index contributed by atoms with van der Waals surface area (Å²) in [6.07, 6.45) is 1.71. The standard InChI is InChI=1S/C28H28BrNO5/c1-16-24(27(32)33-10-9-17-7-5-4-6-8-17)25(18-11-22-23(12-19(18)29)35-15-34-22)26-20(30-16)13-28(2,3)14-21(26)31/h4-8,11-12,24-25H,9-10,13-15H2,1-3H3/t24?,25-/m1/s1. The number of Topliss-reactive ketones (excluding diaryl/α,β-unsaturated/α-hetero) is 1. The molecule has 0 amide bonds. The summed E-state index contributed by atoms with van der Waals surface area (Å²) in [7, 11) is 0. The Bertz CT molecular complexity index is 1250. The van der Waals surface area contributed by atoms with Crippen LogP contribution in [0.5, 0.6) is 11.5 Å². The maximum absolute atomic E-state index is 13.5. The first-order valence-corrected chi connectivity index (χ1v) is 12.6. The Morgan fingerprint density at radius 3 is 2.60 bits per heavy atom. The van der Waals surface area contributed by atoms with Crippen molar-refractivity contribution in [3.8, 4) is 11.5 Å². The van der Waals surface area contributed by atoms with E-state index in [4.69, 9.17) is 19.2 Å². The van der Waals surface area contributed by atoms with Crippen molar-refractivity contribution in [2.75, 3.05) is 13.4 Å². The SMILES string of the molecule is CC1=NC2=C(C(=O)CC(C)(C)C2)[C@H](c2cc3c(cc2Br)OCO3)C1C(=O)OCCc1ccccc1. The van der Waals surface area contributed by atoms with Crippen LogP contribution in [0.4, 0.5) is 0 Å². The van der Waals surface area contributed by atoms with Crippen molar-refractivity contribution in [2.24, 2.45) is 16.3 Å². The molecule has 0 fully saturated rings. The minimum absolute atomic E-state index is 0.0316. The van der Waals surface area contributed by atoms with Crippen molar-refractivity contribution >= 4 is 33.4 Å². The molecule has 182 valence electrons. The molecule has 0 radical (unpaired) electrons. The predicted molar refractivity (Wildman–Crippen MR) is 136 cm³/mol. The molecule has 1 aliphatic carbocycles. The molecule has 2 heterocycles. The molecular weight excluding hydrogens is 510 g/mol. The molecule has 0 N–H and O–H groups in total. The van der Waals surface area contributed by atoms with Crippen LogP contribution in [0.1, 0.15) is 50.7 Å². The minimum atomic E-state index is -0.702.